The molecule has 1 fully saturated rings. The monoisotopic (exact) mass is 540 g/mol. The van der Waals surface area contributed by atoms with E-state index in [9.17, 15) is 5.11 Å². The summed E-state index contributed by atoms with van der Waals surface area (Å²) in [4.78, 5) is 2.46. The van der Waals surface area contributed by atoms with Gasteiger partial charge in [-0.1, -0.05) is 143 Å². The van der Waals surface area contributed by atoms with Gasteiger partial charge >= 0.3 is 0 Å². The van der Waals surface area contributed by atoms with E-state index in [1.54, 1.807) is 0 Å². The fourth-order valence-electron chi connectivity index (χ4n) is 5.68. The topological polar surface area (TPSA) is 45.2 Å². The molecule has 2 unspecified atom stereocenters. The highest BCUT2D eigenvalue weighted by molar-refractivity contribution is 4.78. The molecule has 0 saturated carbocycles. The molecule has 38 heavy (non-hydrogen) atoms. The summed E-state index contributed by atoms with van der Waals surface area (Å²) < 4.78 is 12.4. The van der Waals surface area contributed by atoms with Gasteiger partial charge in [0, 0.05) is 6.54 Å². The first-order chi connectivity index (χ1) is 18.7. The molecular weight excluding hydrogens is 470 g/mol. The van der Waals surface area contributed by atoms with Crippen molar-refractivity contribution in [2.45, 2.75) is 193 Å². The Labute approximate surface area is 239 Å². The molecule has 2 atom stereocenters. The number of hydrogen-bond acceptors (Lipinski definition) is 4. The standard InChI is InChI=1S/C34H69NO3/c1-4-7-10-13-16-20-25-32(26-21-17-14-11-8-5-2)37-34-33(38-34)27-22-18-15-19-24-29-35(30-31-36)28-23-12-9-6-3/h32-34,36H,4-31H2,1-3H3. The summed E-state index contributed by atoms with van der Waals surface area (Å²) in [5, 5.41) is 9.35. The van der Waals surface area contributed by atoms with Crippen LogP contribution in [0.2, 0.25) is 0 Å². The van der Waals surface area contributed by atoms with E-state index in [2.05, 4.69) is 25.7 Å². The minimum absolute atomic E-state index is 0.0833. The molecule has 0 aromatic rings. The van der Waals surface area contributed by atoms with Gasteiger partial charge in [-0.25, -0.2) is 0 Å². The quantitative estimate of drug-likeness (QED) is 0.0703. The lowest BCUT2D eigenvalue weighted by molar-refractivity contribution is -0.0214. The van der Waals surface area contributed by atoms with Crippen LogP contribution >= 0.6 is 0 Å². The average molecular weight is 540 g/mol. The number of aliphatic hydroxyl groups excluding tert-OH is 1. The van der Waals surface area contributed by atoms with Gasteiger partial charge in [-0.3, -0.25) is 0 Å². The molecule has 1 rings (SSSR count). The lowest BCUT2D eigenvalue weighted by Crippen LogP contribution is -2.29. The minimum atomic E-state index is 0.0833. The smallest absolute Gasteiger partial charge is 0.184 e. The second-order valence-electron chi connectivity index (χ2n) is 12.1. The molecule has 0 bridgehead atoms. The summed E-state index contributed by atoms with van der Waals surface area (Å²) in [6.07, 6.45) is 32.5. The van der Waals surface area contributed by atoms with E-state index in [1.807, 2.05) is 0 Å². The fraction of sp³-hybridized carbons (Fsp3) is 1.00. The van der Waals surface area contributed by atoms with Crippen LogP contribution in [0.1, 0.15) is 175 Å². The molecule has 1 aliphatic heterocycles. The largest absolute Gasteiger partial charge is 0.395 e. The number of hydrogen-bond donors (Lipinski definition) is 1. The highest BCUT2D eigenvalue weighted by Crippen LogP contribution is 2.32. The molecule has 1 saturated heterocycles. The molecule has 4 heteroatoms. The fourth-order valence-corrected chi connectivity index (χ4v) is 5.68. The Morgan fingerprint density at radius 2 is 1.03 bits per heavy atom. The Morgan fingerprint density at radius 3 is 1.55 bits per heavy atom. The molecule has 0 amide bonds. The van der Waals surface area contributed by atoms with Crippen LogP contribution in [0, 0.1) is 0 Å². The zero-order valence-electron chi connectivity index (χ0n) is 26.2. The predicted molar refractivity (Wildman–Crippen MR) is 165 cm³/mol. The Hall–Kier alpha value is -0.160. The van der Waals surface area contributed by atoms with Crippen LogP contribution in [-0.4, -0.2) is 54.7 Å². The van der Waals surface area contributed by atoms with Crippen LogP contribution in [-0.2, 0) is 9.47 Å². The van der Waals surface area contributed by atoms with Crippen molar-refractivity contribution in [2.24, 2.45) is 0 Å². The van der Waals surface area contributed by atoms with Gasteiger partial charge in [-0.05, 0) is 45.2 Å². The van der Waals surface area contributed by atoms with Gasteiger partial charge in [0.2, 0.25) is 0 Å². The first-order valence-corrected chi connectivity index (χ1v) is 17.4. The molecule has 1 aliphatic rings. The zero-order chi connectivity index (χ0) is 27.5. The van der Waals surface area contributed by atoms with Gasteiger partial charge < -0.3 is 19.5 Å². The first-order valence-electron chi connectivity index (χ1n) is 17.4. The Balaban J connectivity index is 2.13. The van der Waals surface area contributed by atoms with E-state index in [0.717, 1.165) is 19.6 Å². The van der Waals surface area contributed by atoms with Crippen molar-refractivity contribution >= 4 is 0 Å². The van der Waals surface area contributed by atoms with Gasteiger partial charge in [0.25, 0.3) is 0 Å². The third-order valence-electron chi connectivity index (χ3n) is 8.33. The maximum absolute atomic E-state index is 9.35. The summed E-state index contributed by atoms with van der Waals surface area (Å²) in [6, 6.07) is 0. The summed E-state index contributed by atoms with van der Waals surface area (Å²) in [7, 11) is 0. The van der Waals surface area contributed by atoms with Crippen molar-refractivity contribution in [1.29, 1.82) is 0 Å². The number of epoxide rings is 1. The zero-order valence-corrected chi connectivity index (χ0v) is 26.2. The van der Waals surface area contributed by atoms with Crippen LogP contribution in [0.25, 0.3) is 0 Å². The van der Waals surface area contributed by atoms with Gasteiger partial charge in [0.05, 0.1) is 12.7 Å². The molecule has 0 aliphatic carbocycles. The van der Waals surface area contributed by atoms with Crippen molar-refractivity contribution < 1.29 is 14.6 Å². The van der Waals surface area contributed by atoms with E-state index in [-0.39, 0.29) is 12.9 Å². The predicted octanol–water partition coefficient (Wildman–Crippen LogP) is 9.81. The Kier molecular flexibility index (Phi) is 25.5. The van der Waals surface area contributed by atoms with Crippen LogP contribution in [0.5, 0.6) is 0 Å². The molecule has 1 N–H and O–H groups in total. The summed E-state index contributed by atoms with van der Waals surface area (Å²) in [5.41, 5.74) is 0. The second-order valence-corrected chi connectivity index (χ2v) is 12.1. The molecule has 228 valence electrons. The van der Waals surface area contributed by atoms with Gasteiger partial charge in [-0.15, -0.1) is 0 Å². The average Bonchev–Trinajstić information content (AvgIpc) is 3.66. The van der Waals surface area contributed by atoms with Crippen LogP contribution < -0.4 is 0 Å². The summed E-state index contributed by atoms with van der Waals surface area (Å²) in [6.45, 7) is 10.3. The minimum Gasteiger partial charge on any atom is -0.395 e. The molecular formula is C34H69NO3. The first kappa shape index (κ1) is 35.9. The third kappa shape index (κ3) is 21.6. The summed E-state index contributed by atoms with van der Waals surface area (Å²) in [5.74, 6) is 0. The number of nitrogens with zero attached hydrogens (tertiary/aromatic N) is 1. The number of unbranched alkanes of at least 4 members (excludes halogenated alkanes) is 17. The Morgan fingerprint density at radius 1 is 0.579 bits per heavy atom. The van der Waals surface area contributed by atoms with Gasteiger partial charge in [0.15, 0.2) is 6.29 Å². The second kappa shape index (κ2) is 27.0. The SMILES string of the molecule is CCCCCCCCC(CCCCCCCC)OC1OC1CCCCCCCN(CCO)CCCCCC. The van der Waals surface area contributed by atoms with Crippen LogP contribution in [0.3, 0.4) is 0 Å². The van der Waals surface area contributed by atoms with Crippen molar-refractivity contribution in [3.8, 4) is 0 Å². The van der Waals surface area contributed by atoms with Crippen LogP contribution in [0.4, 0.5) is 0 Å². The van der Waals surface area contributed by atoms with Crippen molar-refractivity contribution in [3.63, 3.8) is 0 Å². The number of ether oxygens (including phenoxy) is 2. The maximum atomic E-state index is 9.35. The van der Waals surface area contributed by atoms with Gasteiger partial charge in [0.1, 0.15) is 6.10 Å². The van der Waals surface area contributed by atoms with E-state index < -0.39 is 0 Å². The molecule has 0 aromatic heterocycles. The van der Waals surface area contributed by atoms with Crippen molar-refractivity contribution in [2.75, 3.05) is 26.2 Å². The lowest BCUT2D eigenvalue weighted by Gasteiger charge is -2.21. The highest BCUT2D eigenvalue weighted by atomic mass is 16.8. The van der Waals surface area contributed by atoms with E-state index in [1.165, 1.54) is 154 Å². The molecule has 0 aromatic carbocycles. The summed E-state index contributed by atoms with van der Waals surface area (Å²) >= 11 is 0. The van der Waals surface area contributed by atoms with Crippen molar-refractivity contribution in [3.05, 3.63) is 0 Å². The van der Waals surface area contributed by atoms with Crippen molar-refractivity contribution in [1.82, 2.24) is 4.90 Å². The molecule has 0 radical (unpaired) electrons. The van der Waals surface area contributed by atoms with Gasteiger partial charge in [-0.2, -0.15) is 0 Å². The molecule has 1 heterocycles. The molecule has 0 spiro atoms. The lowest BCUT2D eigenvalue weighted by atomic mass is 10.0. The highest BCUT2D eigenvalue weighted by Gasteiger charge is 2.40. The Bertz CT molecular complexity index is 459. The third-order valence-corrected chi connectivity index (χ3v) is 8.33. The normalized spacial score (nSPS) is 17.2. The number of aliphatic hydroxyl groups is 1. The maximum Gasteiger partial charge on any atom is 0.184 e. The van der Waals surface area contributed by atoms with E-state index >= 15 is 0 Å². The van der Waals surface area contributed by atoms with Crippen LogP contribution in [0.15, 0.2) is 0 Å². The molecule has 4 nitrogen and oxygen atoms in total. The number of rotatable bonds is 31. The van der Waals surface area contributed by atoms with E-state index in [0.29, 0.717) is 12.2 Å². The van der Waals surface area contributed by atoms with E-state index in [4.69, 9.17) is 9.47 Å².